The van der Waals surface area contributed by atoms with E-state index in [9.17, 15) is 5.11 Å². The molecule has 0 radical (unpaired) electrons. The van der Waals surface area contributed by atoms with Crippen molar-refractivity contribution in [3.05, 3.63) is 20.3 Å². The average Bonchev–Trinajstić information content (AvgIpc) is 2.94. The third-order valence-corrected chi connectivity index (χ3v) is 6.11. The van der Waals surface area contributed by atoms with Crippen molar-refractivity contribution < 1.29 is 5.11 Å². The summed E-state index contributed by atoms with van der Waals surface area (Å²) in [5.41, 5.74) is 1.50. The van der Waals surface area contributed by atoms with Gasteiger partial charge < -0.3 is 10.4 Å². The van der Waals surface area contributed by atoms with Gasteiger partial charge in [-0.05, 0) is 65.6 Å². The van der Waals surface area contributed by atoms with Gasteiger partial charge in [-0.3, -0.25) is 0 Å². The van der Waals surface area contributed by atoms with E-state index in [0.717, 1.165) is 0 Å². The minimum Gasteiger partial charge on any atom is -0.396 e. The van der Waals surface area contributed by atoms with Crippen LogP contribution in [0.15, 0.2) is 9.85 Å². The number of hydrogen-bond donors (Lipinski definition) is 2. The third-order valence-electron chi connectivity index (χ3n) is 4.39. The standard InChI is InChI=1S/C14H20BrNOS/c15-14-7-10-12(5-2-6-13(10)18-14)16-11-4-1-3-9(11)8-17/h7,9,11-12,16-17H,1-6,8H2. The Morgan fingerprint density at radius 3 is 3.06 bits per heavy atom. The van der Waals surface area contributed by atoms with E-state index in [2.05, 4.69) is 27.3 Å². The number of nitrogens with one attached hydrogen (secondary N) is 1. The number of rotatable bonds is 3. The molecular formula is C14H20BrNOS. The monoisotopic (exact) mass is 329 g/mol. The molecule has 2 nitrogen and oxygen atoms in total. The summed E-state index contributed by atoms with van der Waals surface area (Å²) in [6.45, 7) is 0.338. The molecule has 0 bridgehead atoms. The molecular weight excluding hydrogens is 310 g/mol. The molecule has 0 spiro atoms. The average molecular weight is 330 g/mol. The largest absolute Gasteiger partial charge is 0.396 e. The molecule has 4 heteroatoms. The minimum absolute atomic E-state index is 0.338. The van der Waals surface area contributed by atoms with Crippen LogP contribution in [0.5, 0.6) is 0 Å². The molecule has 0 aliphatic heterocycles. The lowest BCUT2D eigenvalue weighted by Crippen LogP contribution is -2.37. The Hall–Kier alpha value is 0.100. The van der Waals surface area contributed by atoms with Gasteiger partial charge in [0.15, 0.2) is 0 Å². The SMILES string of the molecule is OCC1CCCC1NC1CCCc2sc(Br)cc21. The molecule has 1 heterocycles. The number of thiophene rings is 1. The Morgan fingerprint density at radius 1 is 1.33 bits per heavy atom. The van der Waals surface area contributed by atoms with E-state index in [1.165, 1.54) is 47.9 Å². The van der Waals surface area contributed by atoms with Gasteiger partial charge in [0.05, 0.1) is 3.79 Å². The molecule has 2 aliphatic rings. The molecule has 2 N–H and O–H groups in total. The lowest BCUT2D eigenvalue weighted by Gasteiger charge is -2.29. The van der Waals surface area contributed by atoms with E-state index in [-0.39, 0.29) is 0 Å². The second-order valence-corrected chi connectivity index (χ2v) is 8.04. The van der Waals surface area contributed by atoms with E-state index in [0.29, 0.717) is 24.6 Å². The van der Waals surface area contributed by atoms with E-state index < -0.39 is 0 Å². The zero-order valence-electron chi connectivity index (χ0n) is 10.5. The van der Waals surface area contributed by atoms with Crippen LogP contribution in [0.2, 0.25) is 0 Å². The molecule has 3 rings (SSSR count). The molecule has 0 aromatic carbocycles. The maximum atomic E-state index is 9.42. The van der Waals surface area contributed by atoms with Crippen molar-refractivity contribution >= 4 is 27.3 Å². The van der Waals surface area contributed by atoms with Crippen LogP contribution in [0, 0.1) is 5.92 Å². The van der Waals surface area contributed by atoms with Crippen LogP contribution in [0.1, 0.15) is 48.6 Å². The molecule has 18 heavy (non-hydrogen) atoms. The lowest BCUT2D eigenvalue weighted by atomic mass is 9.92. The summed E-state index contributed by atoms with van der Waals surface area (Å²) in [6.07, 6.45) is 7.43. The van der Waals surface area contributed by atoms with E-state index in [1.54, 1.807) is 4.88 Å². The van der Waals surface area contributed by atoms with Gasteiger partial charge in [-0.2, -0.15) is 0 Å². The van der Waals surface area contributed by atoms with Crippen LogP contribution in [-0.2, 0) is 6.42 Å². The van der Waals surface area contributed by atoms with Gasteiger partial charge in [0, 0.05) is 23.6 Å². The zero-order chi connectivity index (χ0) is 12.5. The summed E-state index contributed by atoms with van der Waals surface area (Å²) in [5, 5.41) is 13.2. The number of aliphatic hydroxyl groups is 1. The van der Waals surface area contributed by atoms with Gasteiger partial charge in [0.2, 0.25) is 0 Å². The normalized spacial score (nSPS) is 31.6. The smallest absolute Gasteiger partial charge is 0.0704 e. The lowest BCUT2D eigenvalue weighted by molar-refractivity contribution is 0.197. The van der Waals surface area contributed by atoms with Crippen LogP contribution < -0.4 is 5.32 Å². The van der Waals surface area contributed by atoms with Crippen LogP contribution in [-0.4, -0.2) is 17.8 Å². The van der Waals surface area contributed by atoms with Crippen LogP contribution >= 0.6 is 27.3 Å². The van der Waals surface area contributed by atoms with Crippen molar-refractivity contribution in [2.45, 2.75) is 50.6 Å². The molecule has 3 atom stereocenters. The molecule has 1 aromatic rings. The first-order valence-corrected chi connectivity index (χ1v) is 8.54. The number of fused-ring (bicyclic) bond motifs is 1. The Balaban J connectivity index is 1.74. The van der Waals surface area contributed by atoms with Crippen LogP contribution in [0.25, 0.3) is 0 Å². The van der Waals surface area contributed by atoms with E-state index >= 15 is 0 Å². The summed E-state index contributed by atoms with van der Waals surface area (Å²) < 4.78 is 1.26. The summed E-state index contributed by atoms with van der Waals surface area (Å²) >= 11 is 5.49. The fourth-order valence-corrected chi connectivity index (χ4v) is 5.25. The predicted molar refractivity (Wildman–Crippen MR) is 79.0 cm³/mol. The van der Waals surface area contributed by atoms with Gasteiger partial charge in [0.25, 0.3) is 0 Å². The second-order valence-electron chi connectivity index (χ2n) is 5.52. The quantitative estimate of drug-likeness (QED) is 0.887. The van der Waals surface area contributed by atoms with Crippen molar-refractivity contribution in [3.8, 4) is 0 Å². The van der Waals surface area contributed by atoms with E-state index in [1.807, 2.05) is 11.3 Å². The molecule has 100 valence electrons. The molecule has 2 aliphatic carbocycles. The van der Waals surface area contributed by atoms with Gasteiger partial charge in [-0.15, -0.1) is 11.3 Å². The number of aliphatic hydroxyl groups excluding tert-OH is 1. The van der Waals surface area contributed by atoms with Gasteiger partial charge >= 0.3 is 0 Å². The van der Waals surface area contributed by atoms with Crippen molar-refractivity contribution in [2.75, 3.05) is 6.61 Å². The van der Waals surface area contributed by atoms with Gasteiger partial charge in [-0.25, -0.2) is 0 Å². The first kappa shape index (κ1) is 13.1. The minimum atomic E-state index is 0.338. The third kappa shape index (κ3) is 2.53. The highest BCUT2D eigenvalue weighted by molar-refractivity contribution is 9.11. The van der Waals surface area contributed by atoms with Crippen molar-refractivity contribution in [3.63, 3.8) is 0 Å². The fraction of sp³-hybridized carbons (Fsp3) is 0.714. The highest BCUT2D eigenvalue weighted by Gasteiger charge is 2.31. The van der Waals surface area contributed by atoms with Crippen molar-refractivity contribution in [1.82, 2.24) is 5.32 Å². The predicted octanol–water partition coefficient (Wildman–Crippen LogP) is 3.64. The Morgan fingerprint density at radius 2 is 2.22 bits per heavy atom. The Kier molecular flexibility index (Phi) is 4.09. The summed E-state index contributed by atoms with van der Waals surface area (Å²) in [4.78, 5) is 1.55. The molecule has 0 saturated heterocycles. The fourth-order valence-electron chi connectivity index (χ4n) is 3.43. The number of hydrogen-bond acceptors (Lipinski definition) is 3. The topological polar surface area (TPSA) is 32.3 Å². The van der Waals surface area contributed by atoms with E-state index in [4.69, 9.17) is 0 Å². The Bertz CT molecular complexity index is 420. The van der Waals surface area contributed by atoms with Crippen molar-refractivity contribution in [2.24, 2.45) is 5.92 Å². The van der Waals surface area contributed by atoms with Gasteiger partial charge in [0.1, 0.15) is 0 Å². The van der Waals surface area contributed by atoms with Crippen LogP contribution in [0.3, 0.4) is 0 Å². The highest BCUT2D eigenvalue weighted by Crippen LogP contribution is 2.39. The zero-order valence-corrected chi connectivity index (χ0v) is 12.9. The number of aryl methyl sites for hydroxylation is 1. The Labute approximate surface area is 121 Å². The number of halogens is 1. The van der Waals surface area contributed by atoms with Crippen molar-refractivity contribution in [1.29, 1.82) is 0 Å². The maximum absolute atomic E-state index is 9.42. The first-order chi connectivity index (χ1) is 8.78. The molecule has 3 unspecified atom stereocenters. The molecule has 0 amide bonds. The summed E-state index contributed by atoms with van der Waals surface area (Å²) in [7, 11) is 0. The maximum Gasteiger partial charge on any atom is 0.0704 e. The summed E-state index contributed by atoms with van der Waals surface area (Å²) in [5.74, 6) is 0.470. The molecule has 1 saturated carbocycles. The first-order valence-electron chi connectivity index (χ1n) is 6.93. The second kappa shape index (κ2) is 5.61. The molecule has 1 aromatic heterocycles. The summed E-state index contributed by atoms with van der Waals surface area (Å²) in [6, 6.07) is 3.32. The van der Waals surface area contributed by atoms with Crippen LogP contribution in [0.4, 0.5) is 0 Å². The molecule has 1 fully saturated rings. The van der Waals surface area contributed by atoms with Gasteiger partial charge in [-0.1, -0.05) is 6.42 Å². The highest BCUT2D eigenvalue weighted by atomic mass is 79.9.